The lowest BCUT2D eigenvalue weighted by atomic mass is 9.99. The molecule has 0 atom stereocenters. The van der Waals surface area contributed by atoms with Gasteiger partial charge < -0.3 is 4.90 Å². The maximum absolute atomic E-state index is 13.2. The summed E-state index contributed by atoms with van der Waals surface area (Å²) >= 11 is 0. The molecular weight excluding hydrogens is 348 g/mol. The highest BCUT2D eigenvalue weighted by atomic mass is 32.2. The second-order valence-corrected chi connectivity index (χ2v) is 8.11. The van der Waals surface area contributed by atoms with E-state index in [9.17, 15) is 13.2 Å². The monoisotopic (exact) mass is 372 g/mol. The summed E-state index contributed by atoms with van der Waals surface area (Å²) in [6.07, 6.45) is 0.862. The van der Waals surface area contributed by atoms with Crippen molar-refractivity contribution >= 4 is 21.6 Å². The van der Waals surface area contributed by atoms with Gasteiger partial charge in [-0.05, 0) is 44.0 Å². The number of benzene rings is 2. The average molecular weight is 372 g/mol. The van der Waals surface area contributed by atoms with Gasteiger partial charge in [-0.1, -0.05) is 31.2 Å². The van der Waals surface area contributed by atoms with Crippen LogP contribution in [0.1, 0.15) is 26.3 Å². The van der Waals surface area contributed by atoms with Gasteiger partial charge in [-0.3, -0.25) is 9.10 Å². The Balaban J connectivity index is 2.16. The van der Waals surface area contributed by atoms with Crippen molar-refractivity contribution in [2.45, 2.75) is 32.1 Å². The molecule has 0 bridgehead atoms. The van der Waals surface area contributed by atoms with Gasteiger partial charge in [0.05, 0.1) is 10.6 Å². The van der Waals surface area contributed by atoms with Gasteiger partial charge in [0.15, 0.2) is 0 Å². The van der Waals surface area contributed by atoms with Gasteiger partial charge in [-0.2, -0.15) is 0 Å². The molecule has 1 aliphatic rings. The fourth-order valence-corrected chi connectivity index (χ4v) is 5.01. The van der Waals surface area contributed by atoms with Crippen LogP contribution in [-0.2, 0) is 21.2 Å². The van der Waals surface area contributed by atoms with E-state index in [1.165, 1.54) is 4.31 Å². The molecule has 1 heterocycles. The molecule has 0 aliphatic carbocycles. The van der Waals surface area contributed by atoms with Crippen LogP contribution >= 0.6 is 0 Å². The summed E-state index contributed by atoms with van der Waals surface area (Å²) in [6, 6.07) is 12.8. The van der Waals surface area contributed by atoms with Crippen molar-refractivity contribution in [3.05, 3.63) is 48.0 Å². The number of hydrogen-bond donors (Lipinski definition) is 0. The van der Waals surface area contributed by atoms with E-state index in [1.54, 1.807) is 17.0 Å². The fraction of sp³-hybridized carbons (Fsp3) is 0.350. The Hall–Kier alpha value is -2.34. The molecular formula is C20H24N2O3S. The van der Waals surface area contributed by atoms with Crippen molar-refractivity contribution in [1.29, 1.82) is 0 Å². The predicted octanol–water partition coefficient (Wildman–Crippen LogP) is 3.29. The maximum Gasteiger partial charge on any atom is 0.265 e. The number of carbonyl (C=O) groups is 1. The largest absolute Gasteiger partial charge is 0.342 e. The summed E-state index contributed by atoms with van der Waals surface area (Å²) in [7, 11) is -3.78. The summed E-state index contributed by atoms with van der Waals surface area (Å²) < 4.78 is 27.7. The molecule has 3 rings (SSSR count). The highest BCUT2D eigenvalue weighted by molar-refractivity contribution is 7.93. The second kappa shape index (κ2) is 7.11. The van der Waals surface area contributed by atoms with E-state index < -0.39 is 10.0 Å². The average Bonchev–Trinajstić information content (AvgIpc) is 2.66. The molecule has 0 aromatic heterocycles. The van der Waals surface area contributed by atoms with Gasteiger partial charge in [0, 0.05) is 24.2 Å². The zero-order valence-electron chi connectivity index (χ0n) is 15.4. The SMILES string of the molecule is CCc1ccc2c(c1)-c1ccccc1S(=O)(=O)N2CC(=O)N(CC)CC. The van der Waals surface area contributed by atoms with Crippen LogP contribution in [0.5, 0.6) is 0 Å². The number of nitrogens with zero attached hydrogens (tertiary/aromatic N) is 2. The first-order valence-corrected chi connectivity index (χ1v) is 10.4. The quantitative estimate of drug-likeness (QED) is 0.809. The molecule has 0 radical (unpaired) electrons. The molecule has 2 aromatic rings. The number of sulfonamides is 1. The van der Waals surface area contributed by atoms with E-state index in [1.807, 2.05) is 44.2 Å². The molecule has 6 heteroatoms. The number of amides is 1. The summed E-state index contributed by atoms with van der Waals surface area (Å²) in [5.41, 5.74) is 3.26. The van der Waals surface area contributed by atoms with Gasteiger partial charge in [0.25, 0.3) is 10.0 Å². The number of anilines is 1. The Bertz CT molecular complexity index is 934. The fourth-order valence-electron chi connectivity index (χ4n) is 3.37. The minimum absolute atomic E-state index is 0.184. The smallest absolute Gasteiger partial charge is 0.265 e. The summed E-state index contributed by atoms with van der Waals surface area (Å²) in [5, 5.41) is 0. The van der Waals surface area contributed by atoms with E-state index in [-0.39, 0.29) is 17.3 Å². The lowest BCUT2D eigenvalue weighted by Crippen LogP contribution is -2.44. The topological polar surface area (TPSA) is 57.7 Å². The maximum atomic E-state index is 13.2. The first kappa shape index (κ1) is 18.5. The summed E-state index contributed by atoms with van der Waals surface area (Å²) in [6.45, 7) is 6.78. The van der Waals surface area contributed by atoms with E-state index in [0.29, 0.717) is 24.3 Å². The van der Waals surface area contributed by atoms with Crippen molar-refractivity contribution in [1.82, 2.24) is 4.90 Å². The van der Waals surface area contributed by atoms with Crippen molar-refractivity contribution in [3.63, 3.8) is 0 Å². The second-order valence-electron chi connectivity index (χ2n) is 6.28. The predicted molar refractivity (Wildman–Crippen MR) is 104 cm³/mol. The molecule has 0 N–H and O–H groups in total. The molecule has 0 unspecified atom stereocenters. The standard InChI is InChI=1S/C20H24N2O3S/c1-4-15-11-12-18-17(13-15)16-9-7-8-10-19(16)26(24,25)22(18)14-20(23)21(5-2)6-3/h7-13H,4-6,14H2,1-3H3. The van der Waals surface area contributed by atoms with Crippen LogP contribution in [0, 0.1) is 0 Å². The van der Waals surface area contributed by atoms with Crippen LogP contribution in [0.3, 0.4) is 0 Å². The number of hydrogen-bond acceptors (Lipinski definition) is 3. The molecule has 5 nitrogen and oxygen atoms in total. The van der Waals surface area contributed by atoms with Crippen LogP contribution in [0.15, 0.2) is 47.4 Å². The minimum Gasteiger partial charge on any atom is -0.342 e. The van der Waals surface area contributed by atoms with Crippen LogP contribution in [0.2, 0.25) is 0 Å². The third-order valence-electron chi connectivity index (χ3n) is 4.88. The third kappa shape index (κ3) is 2.98. The Morgan fingerprint density at radius 3 is 2.35 bits per heavy atom. The molecule has 26 heavy (non-hydrogen) atoms. The molecule has 0 saturated carbocycles. The number of likely N-dealkylation sites (N-methyl/N-ethyl adjacent to an activating group) is 1. The highest BCUT2D eigenvalue weighted by Gasteiger charge is 2.36. The number of fused-ring (bicyclic) bond motifs is 3. The van der Waals surface area contributed by atoms with Crippen molar-refractivity contribution in [3.8, 4) is 11.1 Å². The lowest BCUT2D eigenvalue weighted by Gasteiger charge is -2.33. The summed E-state index contributed by atoms with van der Waals surface area (Å²) in [4.78, 5) is 14.5. The Labute approximate surface area is 155 Å². The van der Waals surface area contributed by atoms with E-state index in [4.69, 9.17) is 0 Å². The Kier molecular flexibility index (Phi) is 5.05. The first-order chi connectivity index (χ1) is 12.4. The zero-order chi connectivity index (χ0) is 18.9. The first-order valence-electron chi connectivity index (χ1n) is 8.96. The molecule has 138 valence electrons. The number of rotatable bonds is 5. The third-order valence-corrected chi connectivity index (χ3v) is 6.70. The Morgan fingerprint density at radius 1 is 1.00 bits per heavy atom. The molecule has 1 amide bonds. The number of carbonyl (C=O) groups excluding carboxylic acids is 1. The number of aryl methyl sites for hydroxylation is 1. The highest BCUT2D eigenvalue weighted by Crippen LogP contribution is 2.43. The van der Waals surface area contributed by atoms with Crippen LogP contribution in [0.25, 0.3) is 11.1 Å². The van der Waals surface area contributed by atoms with E-state index >= 15 is 0 Å². The molecule has 1 aliphatic heterocycles. The van der Waals surface area contributed by atoms with Gasteiger partial charge in [-0.25, -0.2) is 8.42 Å². The van der Waals surface area contributed by atoms with Crippen LogP contribution < -0.4 is 4.31 Å². The molecule has 0 fully saturated rings. The van der Waals surface area contributed by atoms with E-state index in [2.05, 4.69) is 6.92 Å². The van der Waals surface area contributed by atoms with Crippen LogP contribution in [0.4, 0.5) is 5.69 Å². The molecule has 2 aromatic carbocycles. The normalized spacial score (nSPS) is 14.5. The minimum atomic E-state index is -3.78. The van der Waals surface area contributed by atoms with Gasteiger partial charge in [-0.15, -0.1) is 0 Å². The molecule has 0 saturated heterocycles. The zero-order valence-corrected chi connectivity index (χ0v) is 16.2. The van der Waals surface area contributed by atoms with Crippen LogP contribution in [-0.4, -0.2) is 38.9 Å². The lowest BCUT2D eigenvalue weighted by molar-refractivity contribution is -0.129. The Morgan fingerprint density at radius 2 is 1.69 bits per heavy atom. The van der Waals surface area contributed by atoms with Gasteiger partial charge >= 0.3 is 0 Å². The van der Waals surface area contributed by atoms with Gasteiger partial charge in [0.2, 0.25) is 5.91 Å². The van der Waals surface area contributed by atoms with Crippen molar-refractivity contribution in [2.24, 2.45) is 0 Å². The molecule has 0 spiro atoms. The van der Waals surface area contributed by atoms with E-state index in [0.717, 1.165) is 17.5 Å². The summed E-state index contributed by atoms with van der Waals surface area (Å²) in [5.74, 6) is -0.191. The van der Waals surface area contributed by atoms with Crippen molar-refractivity contribution in [2.75, 3.05) is 23.9 Å². The van der Waals surface area contributed by atoms with Gasteiger partial charge in [0.1, 0.15) is 6.54 Å². The van der Waals surface area contributed by atoms with Crippen molar-refractivity contribution < 1.29 is 13.2 Å².